The maximum atomic E-state index is 3.94. The molecule has 0 amide bonds. The summed E-state index contributed by atoms with van der Waals surface area (Å²) in [7, 11) is 1.80. The van der Waals surface area contributed by atoms with Crippen molar-refractivity contribution >= 4 is 6.21 Å². The third kappa shape index (κ3) is 2.58. The minimum Gasteiger partial charge on any atom is -0.313 e. The van der Waals surface area contributed by atoms with E-state index in [1.807, 2.05) is 6.21 Å². The zero-order valence-electron chi connectivity index (χ0n) is 7.09. The van der Waals surface area contributed by atoms with Crippen LogP contribution >= 0.6 is 0 Å². The first-order chi connectivity index (χ1) is 5.33. The van der Waals surface area contributed by atoms with Crippen LogP contribution in [0.5, 0.6) is 0 Å². The lowest BCUT2D eigenvalue weighted by molar-refractivity contribution is 0.905. The Morgan fingerprint density at radius 2 is 2.55 bits per heavy atom. The van der Waals surface area contributed by atoms with E-state index in [1.54, 1.807) is 7.05 Å². The molecular formula is C9H16N2. The van der Waals surface area contributed by atoms with Crippen LogP contribution in [0, 0.1) is 0 Å². The second-order valence-corrected chi connectivity index (χ2v) is 2.72. The molecule has 11 heavy (non-hydrogen) atoms. The highest BCUT2D eigenvalue weighted by molar-refractivity contribution is 5.82. The lowest BCUT2D eigenvalue weighted by Gasteiger charge is -2.05. The summed E-state index contributed by atoms with van der Waals surface area (Å²) in [5.41, 5.74) is 5.38. The van der Waals surface area contributed by atoms with Gasteiger partial charge in [0.25, 0.3) is 0 Å². The second-order valence-electron chi connectivity index (χ2n) is 2.72. The number of allylic oxidation sites excluding steroid dienone is 4. The predicted molar refractivity (Wildman–Crippen MR) is 50.7 cm³/mol. The Bertz CT molecular complexity index is 217. The molecule has 0 radical (unpaired) electrons. The monoisotopic (exact) mass is 152 g/mol. The zero-order valence-corrected chi connectivity index (χ0v) is 7.09. The van der Waals surface area contributed by atoms with Gasteiger partial charge < -0.3 is 5.43 Å². The minimum absolute atomic E-state index is 0. The van der Waals surface area contributed by atoms with Crippen LogP contribution < -0.4 is 5.43 Å². The smallest absolute Gasteiger partial charge is 0.0537 e. The molecule has 0 unspecified atom stereocenters. The first-order valence-corrected chi connectivity index (χ1v) is 3.90. The summed E-state index contributed by atoms with van der Waals surface area (Å²) >= 11 is 0. The van der Waals surface area contributed by atoms with E-state index in [-0.39, 0.29) is 1.43 Å². The van der Waals surface area contributed by atoms with Crippen molar-refractivity contribution in [2.75, 3.05) is 7.05 Å². The van der Waals surface area contributed by atoms with Crippen LogP contribution in [0.3, 0.4) is 0 Å². The summed E-state index contributed by atoms with van der Waals surface area (Å²) in [5.74, 6) is 0. The van der Waals surface area contributed by atoms with E-state index in [1.165, 1.54) is 17.6 Å². The van der Waals surface area contributed by atoms with Crippen molar-refractivity contribution in [3.63, 3.8) is 0 Å². The molecule has 1 aliphatic carbocycles. The predicted octanol–water partition coefficient (Wildman–Crippen LogP) is 2.10. The molecule has 0 heterocycles. The molecule has 0 bridgehead atoms. The molecular weight excluding hydrogens is 136 g/mol. The molecule has 0 aliphatic heterocycles. The van der Waals surface area contributed by atoms with Gasteiger partial charge in [0.1, 0.15) is 0 Å². The van der Waals surface area contributed by atoms with Gasteiger partial charge in [-0.1, -0.05) is 17.7 Å². The van der Waals surface area contributed by atoms with Crippen molar-refractivity contribution in [3.05, 3.63) is 23.3 Å². The third-order valence-corrected chi connectivity index (χ3v) is 1.67. The van der Waals surface area contributed by atoms with Gasteiger partial charge in [-0.3, -0.25) is 0 Å². The first-order valence-electron chi connectivity index (χ1n) is 3.90. The second kappa shape index (κ2) is 3.96. The summed E-state index contributed by atoms with van der Waals surface area (Å²) in [5, 5.41) is 3.94. The number of hydrogen-bond donors (Lipinski definition) is 1. The van der Waals surface area contributed by atoms with E-state index in [4.69, 9.17) is 0 Å². The van der Waals surface area contributed by atoms with Crippen LogP contribution in [0.2, 0.25) is 0 Å². The molecule has 1 rings (SSSR count). The lowest BCUT2D eigenvalue weighted by Crippen LogP contribution is -1.97. The maximum absolute atomic E-state index is 3.94. The lowest BCUT2D eigenvalue weighted by atomic mass is 10.0. The summed E-state index contributed by atoms with van der Waals surface area (Å²) in [6.07, 6.45) is 8.56. The summed E-state index contributed by atoms with van der Waals surface area (Å²) in [6, 6.07) is 0. The Hall–Kier alpha value is -1.05. The molecule has 0 aromatic rings. The molecule has 62 valence electrons. The standard InChI is InChI=1S/C9H14N2.H2/c1-8-4-3-5-9(6-8)7-11-10-2;/h5-7,10H,3-4H2,1-2H3;1H/b11-7+;. The Balaban J connectivity index is 0.00000121. The van der Waals surface area contributed by atoms with Gasteiger partial charge in [0.05, 0.1) is 6.21 Å². The van der Waals surface area contributed by atoms with Crippen LogP contribution in [0.15, 0.2) is 28.4 Å². The molecule has 2 nitrogen and oxygen atoms in total. The first kappa shape index (κ1) is 8.05. The molecule has 0 aromatic carbocycles. The Kier molecular flexibility index (Phi) is 2.90. The Labute approximate surface area is 69.2 Å². The normalized spacial score (nSPS) is 18.0. The van der Waals surface area contributed by atoms with Crippen molar-refractivity contribution in [2.24, 2.45) is 5.10 Å². The SMILES string of the molecule is CN/N=C/C1=CCCC(C)=C1.[HH]. The summed E-state index contributed by atoms with van der Waals surface area (Å²) < 4.78 is 0. The van der Waals surface area contributed by atoms with Crippen molar-refractivity contribution in [3.8, 4) is 0 Å². The fourth-order valence-electron chi connectivity index (χ4n) is 1.11. The largest absolute Gasteiger partial charge is 0.313 e. The van der Waals surface area contributed by atoms with Gasteiger partial charge in [-0.05, 0) is 25.3 Å². The number of nitrogens with one attached hydrogen (secondary N) is 1. The van der Waals surface area contributed by atoms with Crippen molar-refractivity contribution in [1.29, 1.82) is 0 Å². The van der Waals surface area contributed by atoms with E-state index < -0.39 is 0 Å². The van der Waals surface area contributed by atoms with E-state index in [2.05, 4.69) is 29.6 Å². The summed E-state index contributed by atoms with van der Waals surface area (Å²) in [4.78, 5) is 0. The van der Waals surface area contributed by atoms with E-state index in [9.17, 15) is 0 Å². The van der Waals surface area contributed by atoms with Crippen LogP contribution in [-0.4, -0.2) is 13.3 Å². The Morgan fingerprint density at radius 1 is 1.73 bits per heavy atom. The fraction of sp³-hybridized carbons (Fsp3) is 0.444. The van der Waals surface area contributed by atoms with Crippen LogP contribution in [0.1, 0.15) is 21.2 Å². The topological polar surface area (TPSA) is 24.4 Å². The molecule has 0 fully saturated rings. The van der Waals surface area contributed by atoms with Gasteiger partial charge in [0, 0.05) is 8.47 Å². The molecule has 0 saturated carbocycles. The van der Waals surface area contributed by atoms with Crippen LogP contribution in [0.4, 0.5) is 0 Å². The maximum Gasteiger partial charge on any atom is 0.0537 e. The zero-order chi connectivity index (χ0) is 8.10. The average molecular weight is 152 g/mol. The minimum atomic E-state index is 0. The van der Waals surface area contributed by atoms with Crippen molar-refractivity contribution in [2.45, 2.75) is 19.8 Å². The van der Waals surface area contributed by atoms with Gasteiger partial charge in [-0.25, -0.2) is 0 Å². The van der Waals surface area contributed by atoms with Gasteiger partial charge in [0.2, 0.25) is 0 Å². The Morgan fingerprint density at radius 3 is 3.18 bits per heavy atom. The van der Waals surface area contributed by atoms with Crippen molar-refractivity contribution < 1.29 is 1.43 Å². The number of hydrazone groups is 1. The summed E-state index contributed by atoms with van der Waals surface area (Å²) in [6.45, 7) is 2.15. The van der Waals surface area contributed by atoms with Gasteiger partial charge >= 0.3 is 0 Å². The number of rotatable bonds is 2. The molecule has 0 atom stereocenters. The van der Waals surface area contributed by atoms with Crippen molar-refractivity contribution in [1.82, 2.24) is 5.43 Å². The molecule has 0 saturated heterocycles. The highest BCUT2D eigenvalue weighted by atomic mass is 15.3. The van der Waals surface area contributed by atoms with Crippen LogP contribution in [-0.2, 0) is 0 Å². The van der Waals surface area contributed by atoms with E-state index >= 15 is 0 Å². The number of nitrogens with zero attached hydrogens (tertiary/aromatic N) is 1. The van der Waals surface area contributed by atoms with Gasteiger partial charge in [0.15, 0.2) is 0 Å². The quantitative estimate of drug-likeness (QED) is 0.475. The molecule has 0 aromatic heterocycles. The van der Waals surface area contributed by atoms with Gasteiger partial charge in [-0.2, -0.15) is 5.10 Å². The van der Waals surface area contributed by atoms with E-state index in [0.717, 1.165) is 6.42 Å². The molecule has 0 spiro atoms. The molecule has 2 heteroatoms. The molecule has 1 aliphatic rings. The van der Waals surface area contributed by atoms with Crippen LogP contribution in [0.25, 0.3) is 0 Å². The fourth-order valence-corrected chi connectivity index (χ4v) is 1.11. The van der Waals surface area contributed by atoms with Gasteiger partial charge in [-0.15, -0.1) is 0 Å². The number of hydrogen-bond acceptors (Lipinski definition) is 2. The van der Waals surface area contributed by atoms with E-state index in [0.29, 0.717) is 0 Å². The highest BCUT2D eigenvalue weighted by Crippen LogP contribution is 2.14. The molecule has 1 N–H and O–H groups in total. The highest BCUT2D eigenvalue weighted by Gasteiger charge is 1.97. The average Bonchev–Trinajstić information content (AvgIpc) is 2.01. The third-order valence-electron chi connectivity index (χ3n) is 1.67.